The van der Waals surface area contributed by atoms with Crippen LogP contribution in [0.25, 0.3) is 10.9 Å². The van der Waals surface area contributed by atoms with E-state index in [1.165, 1.54) is 18.2 Å². The number of rotatable bonds is 5. The Labute approximate surface area is 162 Å². The van der Waals surface area contributed by atoms with Gasteiger partial charge in [-0.05, 0) is 50.1 Å². The van der Waals surface area contributed by atoms with Gasteiger partial charge in [0.2, 0.25) is 0 Å². The zero-order valence-corrected chi connectivity index (χ0v) is 15.9. The topological polar surface area (TPSA) is 102 Å². The third-order valence-corrected chi connectivity index (χ3v) is 6.52. The number of carbonyl (C=O) groups is 1. The van der Waals surface area contributed by atoms with Crippen LogP contribution in [0.15, 0.2) is 53.4 Å². The van der Waals surface area contributed by atoms with Crippen molar-refractivity contribution in [2.75, 3.05) is 6.61 Å². The summed E-state index contributed by atoms with van der Waals surface area (Å²) in [6.45, 7) is 1.95. The first-order chi connectivity index (χ1) is 13.4. The molecule has 0 atom stereocenters. The highest BCUT2D eigenvalue weighted by Crippen LogP contribution is 2.51. The van der Waals surface area contributed by atoms with E-state index in [9.17, 15) is 18.5 Å². The van der Waals surface area contributed by atoms with Crippen molar-refractivity contribution in [2.24, 2.45) is 0 Å². The molecule has 8 heteroatoms. The minimum Gasteiger partial charge on any atom is -0.465 e. The number of nitriles is 1. The van der Waals surface area contributed by atoms with Gasteiger partial charge in [0.05, 0.1) is 34.3 Å². The highest BCUT2D eigenvalue weighted by atomic mass is 32.2. The Morgan fingerprint density at radius 1 is 1.25 bits per heavy atom. The molecule has 0 unspecified atom stereocenters. The van der Waals surface area contributed by atoms with Crippen LogP contribution in [0.5, 0.6) is 0 Å². The molecule has 28 heavy (non-hydrogen) atoms. The molecule has 0 bridgehead atoms. The van der Waals surface area contributed by atoms with Gasteiger partial charge in [0.1, 0.15) is 5.41 Å². The molecule has 1 saturated carbocycles. The number of fused-ring (bicyclic) bond motifs is 1. The van der Waals surface area contributed by atoms with Crippen molar-refractivity contribution in [1.29, 1.82) is 5.26 Å². The van der Waals surface area contributed by atoms with E-state index in [-0.39, 0.29) is 11.5 Å². The van der Waals surface area contributed by atoms with Crippen LogP contribution in [0.3, 0.4) is 0 Å². The average Bonchev–Trinajstić information content (AvgIpc) is 3.43. The van der Waals surface area contributed by atoms with E-state index in [2.05, 4.69) is 5.10 Å². The van der Waals surface area contributed by atoms with Crippen molar-refractivity contribution in [2.45, 2.75) is 30.1 Å². The summed E-state index contributed by atoms with van der Waals surface area (Å²) in [5.41, 5.74) is 0.0795. The fraction of sp³-hybridized carbons (Fsp3) is 0.250. The minimum atomic E-state index is -3.96. The van der Waals surface area contributed by atoms with E-state index in [1.54, 1.807) is 37.3 Å². The van der Waals surface area contributed by atoms with Crippen molar-refractivity contribution >= 4 is 26.9 Å². The number of nitrogens with zero attached hydrogens (tertiary/aromatic N) is 3. The lowest BCUT2D eigenvalue weighted by molar-refractivity contribution is -0.146. The Morgan fingerprint density at radius 3 is 2.57 bits per heavy atom. The first kappa shape index (κ1) is 18.2. The molecule has 1 aliphatic rings. The van der Waals surface area contributed by atoms with Crippen LogP contribution >= 0.6 is 0 Å². The molecular formula is C20H17N3O4S. The average molecular weight is 395 g/mol. The fourth-order valence-electron chi connectivity index (χ4n) is 3.32. The molecule has 1 fully saturated rings. The lowest BCUT2D eigenvalue weighted by Crippen LogP contribution is -2.25. The first-order valence-electron chi connectivity index (χ1n) is 8.85. The summed E-state index contributed by atoms with van der Waals surface area (Å²) in [5, 5.41) is 14.1. The van der Waals surface area contributed by atoms with Gasteiger partial charge >= 0.3 is 5.97 Å². The molecule has 0 radical (unpaired) electrons. The van der Waals surface area contributed by atoms with Crippen molar-refractivity contribution in [3.8, 4) is 6.07 Å². The zero-order chi connectivity index (χ0) is 19.9. The lowest BCUT2D eigenvalue weighted by Gasteiger charge is -2.11. The van der Waals surface area contributed by atoms with Crippen LogP contribution in [0.2, 0.25) is 0 Å². The Hall–Kier alpha value is -3.18. The second-order valence-corrected chi connectivity index (χ2v) is 8.42. The molecule has 0 spiro atoms. The molecule has 1 aliphatic carbocycles. The standard InChI is InChI=1S/C20H17N3O4S/c1-2-27-19(24)20(10-11-20)18-16-12-14(13-21)8-9-17(16)23(22-18)28(25,26)15-6-4-3-5-7-15/h3-9,12H,2,10-11H2,1H3. The predicted octanol–water partition coefficient (Wildman–Crippen LogP) is 2.74. The molecular weight excluding hydrogens is 378 g/mol. The number of benzene rings is 2. The summed E-state index contributed by atoms with van der Waals surface area (Å²) in [6, 6.07) is 14.7. The maximum atomic E-state index is 13.2. The third-order valence-electron chi connectivity index (χ3n) is 4.92. The molecule has 4 rings (SSSR count). The summed E-state index contributed by atoms with van der Waals surface area (Å²) < 4.78 is 32.5. The molecule has 142 valence electrons. The van der Waals surface area contributed by atoms with Crippen LogP contribution in [0.4, 0.5) is 0 Å². The van der Waals surface area contributed by atoms with Crippen LogP contribution < -0.4 is 0 Å². The number of ether oxygens (including phenoxy) is 1. The Kier molecular flexibility index (Phi) is 4.20. The minimum absolute atomic E-state index is 0.0938. The number of aromatic nitrogens is 2. The number of hydrogen-bond donors (Lipinski definition) is 0. The van der Waals surface area contributed by atoms with Crippen molar-refractivity contribution < 1.29 is 17.9 Å². The van der Waals surface area contributed by atoms with Crippen LogP contribution in [0.1, 0.15) is 31.0 Å². The summed E-state index contributed by atoms with van der Waals surface area (Å²) in [4.78, 5) is 12.7. The molecule has 3 aromatic rings. The first-order valence-corrected chi connectivity index (χ1v) is 10.3. The van der Waals surface area contributed by atoms with E-state index in [0.717, 1.165) is 4.09 Å². The molecule has 0 saturated heterocycles. The van der Waals surface area contributed by atoms with Gasteiger partial charge in [-0.2, -0.15) is 22.9 Å². The maximum absolute atomic E-state index is 13.2. The van der Waals surface area contributed by atoms with Crippen molar-refractivity contribution in [1.82, 2.24) is 9.19 Å². The van der Waals surface area contributed by atoms with Gasteiger partial charge in [-0.3, -0.25) is 4.79 Å². The largest absolute Gasteiger partial charge is 0.465 e. The number of hydrogen-bond acceptors (Lipinski definition) is 6. The molecule has 1 aromatic heterocycles. The summed E-state index contributed by atoms with van der Waals surface area (Å²) in [5.74, 6) is -0.416. The normalized spacial score (nSPS) is 15.1. The smallest absolute Gasteiger partial charge is 0.318 e. The van der Waals surface area contributed by atoms with Gasteiger partial charge in [-0.25, -0.2) is 0 Å². The summed E-state index contributed by atoms with van der Waals surface area (Å²) in [7, 11) is -3.96. The van der Waals surface area contributed by atoms with Crippen LogP contribution in [-0.2, 0) is 25.0 Å². The maximum Gasteiger partial charge on any atom is 0.318 e. The second kappa shape index (κ2) is 6.46. The van der Waals surface area contributed by atoms with Gasteiger partial charge in [0.25, 0.3) is 10.0 Å². The summed E-state index contributed by atoms with van der Waals surface area (Å²) in [6.07, 6.45) is 1.06. The molecule has 7 nitrogen and oxygen atoms in total. The Bertz CT molecular complexity index is 1220. The Balaban J connectivity index is 1.98. The number of esters is 1. The quantitative estimate of drug-likeness (QED) is 0.616. The fourth-order valence-corrected chi connectivity index (χ4v) is 4.63. The van der Waals surface area contributed by atoms with Gasteiger partial charge in [-0.1, -0.05) is 18.2 Å². The number of carbonyl (C=O) groups excluding carboxylic acids is 1. The van der Waals surface area contributed by atoms with Gasteiger partial charge in [-0.15, -0.1) is 0 Å². The van der Waals surface area contributed by atoms with Crippen LogP contribution in [0, 0.1) is 11.3 Å². The van der Waals surface area contributed by atoms with Crippen LogP contribution in [-0.4, -0.2) is 30.2 Å². The second-order valence-electron chi connectivity index (χ2n) is 6.66. The highest BCUT2D eigenvalue weighted by molar-refractivity contribution is 7.90. The molecule has 0 amide bonds. The lowest BCUT2D eigenvalue weighted by atomic mass is 9.98. The molecule has 2 aromatic carbocycles. The van der Waals surface area contributed by atoms with E-state index < -0.39 is 21.4 Å². The van der Waals surface area contributed by atoms with Crippen molar-refractivity contribution in [3.05, 3.63) is 59.8 Å². The monoisotopic (exact) mass is 395 g/mol. The predicted molar refractivity (Wildman–Crippen MR) is 101 cm³/mol. The van der Waals surface area contributed by atoms with Crippen molar-refractivity contribution in [3.63, 3.8) is 0 Å². The Morgan fingerprint density at radius 2 is 1.96 bits per heavy atom. The van der Waals surface area contributed by atoms with Gasteiger partial charge in [0.15, 0.2) is 0 Å². The molecule has 1 heterocycles. The van der Waals surface area contributed by atoms with Gasteiger partial charge in [0, 0.05) is 5.39 Å². The highest BCUT2D eigenvalue weighted by Gasteiger charge is 2.56. The summed E-state index contributed by atoms with van der Waals surface area (Å²) >= 11 is 0. The van der Waals surface area contributed by atoms with Gasteiger partial charge < -0.3 is 4.74 Å². The van der Waals surface area contributed by atoms with E-state index in [1.807, 2.05) is 6.07 Å². The van der Waals surface area contributed by atoms with E-state index >= 15 is 0 Å². The SMILES string of the molecule is CCOC(=O)C1(c2nn(S(=O)(=O)c3ccccc3)c3ccc(C#N)cc23)CC1. The molecule has 0 N–H and O–H groups in total. The zero-order valence-electron chi connectivity index (χ0n) is 15.1. The third kappa shape index (κ3) is 2.67. The van der Waals surface area contributed by atoms with E-state index in [4.69, 9.17) is 4.74 Å². The van der Waals surface area contributed by atoms with E-state index in [0.29, 0.717) is 35.0 Å². The molecule has 0 aliphatic heterocycles.